The number of Topliss-reactive ketones (excluding diaryl/α,β-unsaturated/α-hetero) is 1. The number of ketones is 1. The Morgan fingerprint density at radius 2 is 1.61 bits per heavy atom. The van der Waals surface area contributed by atoms with Crippen LogP contribution in [0.25, 0.3) is 0 Å². The summed E-state index contributed by atoms with van der Waals surface area (Å²) in [5.74, 6) is 3.02. The van der Waals surface area contributed by atoms with E-state index in [-0.39, 0.29) is 11.3 Å². The van der Waals surface area contributed by atoms with Crippen LogP contribution in [0.5, 0.6) is 0 Å². The molecule has 0 bridgehead atoms. The molecule has 1 fully saturated rings. The van der Waals surface area contributed by atoms with E-state index in [1.807, 2.05) is 13.7 Å². The Balaban J connectivity index is -0.000000407. The third-order valence-corrected chi connectivity index (χ3v) is 6.72. The van der Waals surface area contributed by atoms with E-state index in [0.29, 0.717) is 29.0 Å². The van der Waals surface area contributed by atoms with Gasteiger partial charge >= 0.3 is 0 Å². The molecular weight excluding hydrogens is 412 g/mol. The predicted molar refractivity (Wildman–Crippen MR) is 142 cm³/mol. The molecule has 0 heterocycles. The minimum Gasteiger partial charge on any atom is -0.381 e. The average Bonchev–Trinajstić information content (AvgIpc) is 3.29. The van der Waals surface area contributed by atoms with Crippen molar-refractivity contribution in [2.24, 2.45) is 40.4 Å². The maximum Gasteiger partial charge on any atom is 0.133 e. The van der Waals surface area contributed by atoms with Gasteiger partial charge in [0.15, 0.2) is 0 Å². The molecule has 4 heteroatoms. The third kappa shape index (κ3) is 15.5. The van der Waals surface area contributed by atoms with Crippen molar-refractivity contribution < 1.29 is 19.1 Å². The lowest BCUT2D eigenvalue weighted by Gasteiger charge is -2.28. The highest BCUT2D eigenvalue weighted by Crippen LogP contribution is 2.63. The minimum absolute atomic E-state index is 0.140. The summed E-state index contributed by atoms with van der Waals surface area (Å²) < 4.78 is 5.09. The van der Waals surface area contributed by atoms with Crippen LogP contribution in [0.15, 0.2) is 0 Å². The Kier molecular flexibility index (Phi) is 21.4. The van der Waals surface area contributed by atoms with E-state index in [4.69, 9.17) is 9.53 Å². The normalized spacial score (nSPS) is 20.0. The van der Waals surface area contributed by atoms with Crippen LogP contribution in [0.3, 0.4) is 0 Å². The summed E-state index contributed by atoms with van der Waals surface area (Å²) in [6.07, 6.45) is 6.79. The first-order chi connectivity index (χ1) is 15.3. The van der Waals surface area contributed by atoms with Crippen molar-refractivity contribution in [3.63, 3.8) is 0 Å². The standard InChI is InChI=1S/C11H20O.C11H22O.C6H14O.CH2O/c1-5-8(7-12)10-9(6-2)11(10,3)4;1-6-7-8-10(9(2)12)11(3,4)5;1-4-7-5-6(2)3;1-2/h7-10H,5-6H2,1-4H3;10H,6-8H2,1-5H3;6H,4-5H2,1-3H3;1H2/t;10-;;/m.1../s1. The third-order valence-electron chi connectivity index (χ3n) is 6.72. The lowest BCUT2D eigenvalue weighted by molar-refractivity contribution is -0.124. The molecular formula is C29H58O4. The molecule has 0 aromatic rings. The monoisotopic (exact) mass is 470 g/mol. The molecule has 3 unspecified atom stereocenters. The second-order valence-electron chi connectivity index (χ2n) is 11.3. The van der Waals surface area contributed by atoms with Crippen molar-refractivity contribution in [2.75, 3.05) is 13.2 Å². The van der Waals surface area contributed by atoms with E-state index in [1.54, 1.807) is 6.92 Å². The topological polar surface area (TPSA) is 60.4 Å². The predicted octanol–water partition coefficient (Wildman–Crippen LogP) is 7.82. The summed E-state index contributed by atoms with van der Waals surface area (Å²) in [5.41, 5.74) is 0.567. The lowest BCUT2D eigenvalue weighted by atomic mass is 9.76. The maximum absolute atomic E-state index is 11.3. The van der Waals surface area contributed by atoms with E-state index < -0.39 is 0 Å². The van der Waals surface area contributed by atoms with Crippen molar-refractivity contribution in [2.45, 2.75) is 115 Å². The van der Waals surface area contributed by atoms with Gasteiger partial charge in [-0.3, -0.25) is 4.79 Å². The Hall–Kier alpha value is -1.03. The summed E-state index contributed by atoms with van der Waals surface area (Å²) >= 11 is 0. The van der Waals surface area contributed by atoms with Gasteiger partial charge in [-0.25, -0.2) is 0 Å². The number of carbonyl (C=O) groups excluding carboxylic acids is 3. The van der Waals surface area contributed by atoms with Crippen LogP contribution < -0.4 is 0 Å². The molecule has 0 aromatic carbocycles. The van der Waals surface area contributed by atoms with E-state index >= 15 is 0 Å². The van der Waals surface area contributed by atoms with Crippen molar-refractivity contribution in [1.82, 2.24) is 0 Å². The molecule has 4 atom stereocenters. The van der Waals surface area contributed by atoms with Gasteiger partial charge in [0.2, 0.25) is 0 Å². The molecule has 0 N–H and O–H groups in total. The van der Waals surface area contributed by atoms with Gasteiger partial charge in [0.25, 0.3) is 0 Å². The van der Waals surface area contributed by atoms with Crippen LogP contribution in [0.1, 0.15) is 115 Å². The zero-order valence-corrected chi connectivity index (χ0v) is 24.3. The van der Waals surface area contributed by atoms with Crippen LogP contribution in [-0.2, 0) is 19.1 Å². The van der Waals surface area contributed by atoms with E-state index in [1.165, 1.54) is 19.3 Å². The van der Waals surface area contributed by atoms with E-state index in [9.17, 15) is 9.59 Å². The van der Waals surface area contributed by atoms with E-state index in [2.05, 4.69) is 69.2 Å². The summed E-state index contributed by atoms with van der Waals surface area (Å²) in [7, 11) is 0. The highest BCUT2D eigenvalue weighted by molar-refractivity contribution is 5.78. The SMILES string of the molecule is C=O.CCC(C=O)C1C(CC)C1(C)C.CCCC[C@H](C(C)=O)C(C)(C)C.CCOCC(C)C. The molecule has 1 aliphatic rings. The van der Waals surface area contributed by atoms with Crippen LogP contribution in [0.4, 0.5) is 0 Å². The van der Waals surface area contributed by atoms with Crippen molar-refractivity contribution in [3.8, 4) is 0 Å². The number of ether oxygens (including phenoxy) is 1. The zero-order chi connectivity index (χ0) is 26.8. The van der Waals surface area contributed by atoms with Gasteiger partial charge in [-0.2, -0.15) is 0 Å². The fraction of sp³-hybridized carbons (Fsp3) is 0.897. The van der Waals surface area contributed by atoms with Gasteiger partial charge < -0.3 is 14.3 Å². The Labute approximate surface area is 207 Å². The average molecular weight is 471 g/mol. The fourth-order valence-electron chi connectivity index (χ4n) is 4.86. The second kappa shape index (κ2) is 19.3. The molecule has 0 radical (unpaired) electrons. The first kappa shape index (κ1) is 36.5. The molecule has 1 saturated carbocycles. The van der Waals surface area contributed by atoms with Gasteiger partial charge in [0.05, 0.1) is 0 Å². The zero-order valence-electron chi connectivity index (χ0n) is 24.3. The first-order valence-corrected chi connectivity index (χ1v) is 13.1. The van der Waals surface area contributed by atoms with Crippen molar-refractivity contribution in [1.29, 1.82) is 0 Å². The highest BCUT2D eigenvalue weighted by Gasteiger charge is 2.58. The second-order valence-corrected chi connectivity index (χ2v) is 11.3. The number of hydrogen-bond donors (Lipinski definition) is 0. The van der Waals surface area contributed by atoms with Crippen LogP contribution in [0.2, 0.25) is 0 Å². The van der Waals surface area contributed by atoms with Crippen molar-refractivity contribution >= 4 is 18.9 Å². The summed E-state index contributed by atoms with van der Waals surface area (Å²) in [6, 6.07) is 0. The van der Waals surface area contributed by atoms with Crippen LogP contribution >= 0.6 is 0 Å². The smallest absolute Gasteiger partial charge is 0.133 e. The quantitative estimate of drug-likeness (QED) is 0.289. The van der Waals surface area contributed by atoms with Gasteiger partial charge in [0.1, 0.15) is 18.9 Å². The highest BCUT2D eigenvalue weighted by atomic mass is 16.5. The maximum atomic E-state index is 11.3. The van der Waals surface area contributed by atoms with Gasteiger partial charge in [-0.1, -0.05) is 88.5 Å². The van der Waals surface area contributed by atoms with E-state index in [0.717, 1.165) is 38.3 Å². The molecule has 0 spiro atoms. The summed E-state index contributed by atoms with van der Waals surface area (Å²) in [5, 5.41) is 0. The number of rotatable bonds is 11. The molecule has 33 heavy (non-hydrogen) atoms. The Bertz CT molecular complexity index is 490. The lowest BCUT2D eigenvalue weighted by Crippen LogP contribution is -2.26. The van der Waals surface area contributed by atoms with Crippen LogP contribution in [-0.4, -0.2) is 32.1 Å². The molecule has 1 rings (SSSR count). The number of hydrogen-bond acceptors (Lipinski definition) is 4. The Morgan fingerprint density at radius 1 is 1.09 bits per heavy atom. The Morgan fingerprint density at radius 3 is 1.82 bits per heavy atom. The number of carbonyl (C=O) groups is 3. The number of unbranched alkanes of at least 4 members (excludes halogenated alkanes) is 1. The van der Waals surface area contributed by atoms with Crippen molar-refractivity contribution in [3.05, 3.63) is 0 Å². The first-order valence-electron chi connectivity index (χ1n) is 13.1. The molecule has 0 aromatic heterocycles. The molecule has 0 saturated heterocycles. The fourth-order valence-corrected chi connectivity index (χ4v) is 4.86. The van der Waals surface area contributed by atoms with Gasteiger partial charge in [-0.15, -0.1) is 0 Å². The van der Waals surface area contributed by atoms with Crippen LogP contribution in [0, 0.1) is 40.4 Å². The summed E-state index contributed by atoms with van der Waals surface area (Å²) in [6.45, 7) is 29.3. The molecule has 0 amide bonds. The molecule has 0 aliphatic heterocycles. The van der Waals surface area contributed by atoms with Gasteiger partial charge in [0, 0.05) is 25.0 Å². The molecule has 198 valence electrons. The largest absolute Gasteiger partial charge is 0.381 e. The minimum atomic E-state index is 0.140. The van der Waals surface area contributed by atoms with Gasteiger partial charge in [-0.05, 0) is 55.3 Å². The molecule has 4 nitrogen and oxygen atoms in total. The molecule has 1 aliphatic carbocycles. The number of aldehydes is 1. The summed E-state index contributed by atoms with van der Waals surface area (Å²) in [4.78, 5) is 30.1.